The first kappa shape index (κ1) is 16.0. The van der Waals surface area contributed by atoms with Gasteiger partial charge < -0.3 is 15.8 Å². The van der Waals surface area contributed by atoms with Gasteiger partial charge in [0, 0.05) is 38.4 Å². The Kier molecular flexibility index (Phi) is 5.64. The summed E-state index contributed by atoms with van der Waals surface area (Å²) < 4.78 is 5.39. The smallest absolute Gasteiger partial charge is 0.0594 e. The zero-order valence-corrected chi connectivity index (χ0v) is 13.5. The molecule has 1 fully saturated rings. The monoisotopic (exact) mass is 311 g/mol. The molecule has 4 nitrogen and oxygen atoms in total. The maximum Gasteiger partial charge on any atom is 0.0594 e. The maximum atomic E-state index is 5.70. The van der Waals surface area contributed by atoms with E-state index in [1.54, 1.807) is 0 Å². The van der Waals surface area contributed by atoms with E-state index in [2.05, 4.69) is 46.6 Å². The number of anilines is 1. The van der Waals surface area contributed by atoms with Crippen molar-refractivity contribution in [1.29, 1.82) is 0 Å². The number of ether oxygens (including phenoxy) is 1. The Morgan fingerprint density at radius 3 is 1.96 bits per heavy atom. The third-order valence-electron chi connectivity index (χ3n) is 4.17. The third kappa shape index (κ3) is 5.06. The van der Waals surface area contributed by atoms with Gasteiger partial charge in [-0.1, -0.05) is 36.4 Å². The fourth-order valence-electron chi connectivity index (χ4n) is 2.77. The Hall–Kier alpha value is -1.88. The molecular formula is C19H25N3O. The van der Waals surface area contributed by atoms with E-state index in [1.165, 1.54) is 16.7 Å². The summed E-state index contributed by atoms with van der Waals surface area (Å²) in [5.74, 6) is 0. The van der Waals surface area contributed by atoms with Crippen LogP contribution in [0.3, 0.4) is 0 Å². The van der Waals surface area contributed by atoms with Gasteiger partial charge in [0.05, 0.1) is 13.2 Å². The first-order valence-electron chi connectivity index (χ1n) is 8.23. The molecule has 0 atom stereocenters. The molecule has 0 aromatic heterocycles. The lowest BCUT2D eigenvalue weighted by atomic mass is 10.1. The minimum atomic E-state index is 0.810. The van der Waals surface area contributed by atoms with E-state index in [-0.39, 0.29) is 0 Å². The fourth-order valence-corrected chi connectivity index (χ4v) is 2.77. The molecule has 1 aliphatic heterocycles. The number of nitrogens with one attached hydrogen (secondary N) is 1. The number of nitrogen functional groups attached to an aromatic ring is 1. The summed E-state index contributed by atoms with van der Waals surface area (Å²) in [6.45, 7) is 6.52. The highest BCUT2D eigenvalue weighted by molar-refractivity contribution is 5.39. The van der Waals surface area contributed by atoms with Gasteiger partial charge >= 0.3 is 0 Å². The van der Waals surface area contributed by atoms with E-state index in [0.29, 0.717) is 0 Å². The van der Waals surface area contributed by atoms with Crippen molar-refractivity contribution < 1.29 is 4.74 Å². The van der Waals surface area contributed by atoms with Gasteiger partial charge in [0.2, 0.25) is 0 Å². The molecule has 2 aromatic carbocycles. The van der Waals surface area contributed by atoms with Crippen LogP contribution >= 0.6 is 0 Å². The molecule has 2 aromatic rings. The number of hydrogen-bond acceptors (Lipinski definition) is 4. The van der Waals surface area contributed by atoms with Crippen molar-refractivity contribution in [2.24, 2.45) is 0 Å². The Labute approximate surface area is 138 Å². The van der Waals surface area contributed by atoms with Crippen molar-refractivity contribution in [3.05, 3.63) is 65.2 Å². The second-order valence-electron chi connectivity index (χ2n) is 6.05. The minimum Gasteiger partial charge on any atom is -0.399 e. The molecule has 23 heavy (non-hydrogen) atoms. The molecule has 4 heteroatoms. The molecule has 0 spiro atoms. The first-order valence-corrected chi connectivity index (χ1v) is 8.23. The molecule has 0 unspecified atom stereocenters. The molecule has 1 aliphatic rings. The lowest BCUT2D eigenvalue weighted by molar-refractivity contribution is 0.0342. The highest BCUT2D eigenvalue weighted by Crippen LogP contribution is 2.10. The summed E-state index contributed by atoms with van der Waals surface area (Å²) >= 11 is 0. The molecular weight excluding hydrogens is 286 g/mol. The molecule has 0 aliphatic carbocycles. The summed E-state index contributed by atoms with van der Waals surface area (Å²) in [4.78, 5) is 2.44. The summed E-state index contributed by atoms with van der Waals surface area (Å²) in [5.41, 5.74) is 10.4. The van der Waals surface area contributed by atoms with Crippen LogP contribution in [-0.4, -0.2) is 31.2 Å². The van der Waals surface area contributed by atoms with E-state index < -0.39 is 0 Å². The van der Waals surface area contributed by atoms with E-state index in [4.69, 9.17) is 10.5 Å². The molecule has 0 amide bonds. The van der Waals surface area contributed by atoms with Gasteiger partial charge in [-0.25, -0.2) is 0 Å². The molecule has 122 valence electrons. The molecule has 3 rings (SSSR count). The second-order valence-corrected chi connectivity index (χ2v) is 6.05. The van der Waals surface area contributed by atoms with Crippen LogP contribution in [0.4, 0.5) is 5.69 Å². The number of hydrogen-bond donors (Lipinski definition) is 2. The van der Waals surface area contributed by atoms with Gasteiger partial charge in [0.15, 0.2) is 0 Å². The van der Waals surface area contributed by atoms with Crippen LogP contribution in [0.2, 0.25) is 0 Å². The van der Waals surface area contributed by atoms with Crippen molar-refractivity contribution in [3.63, 3.8) is 0 Å². The van der Waals surface area contributed by atoms with E-state index in [0.717, 1.165) is 51.6 Å². The van der Waals surface area contributed by atoms with E-state index in [9.17, 15) is 0 Å². The number of rotatable bonds is 6. The van der Waals surface area contributed by atoms with Crippen LogP contribution in [0.5, 0.6) is 0 Å². The van der Waals surface area contributed by atoms with Crippen LogP contribution in [0, 0.1) is 0 Å². The predicted molar refractivity (Wildman–Crippen MR) is 93.9 cm³/mol. The normalized spacial score (nSPS) is 15.7. The molecule has 1 heterocycles. The highest BCUT2D eigenvalue weighted by Gasteiger charge is 2.10. The van der Waals surface area contributed by atoms with Gasteiger partial charge in [0.1, 0.15) is 0 Å². The van der Waals surface area contributed by atoms with Gasteiger partial charge in [-0.2, -0.15) is 0 Å². The van der Waals surface area contributed by atoms with E-state index in [1.807, 2.05) is 12.1 Å². The largest absolute Gasteiger partial charge is 0.399 e. The van der Waals surface area contributed by atoms with Gasteiger partial charge in [-0.15, -0.1) is 0 Å². The Balaban J connectivity index is 1.44. The molecule has 3 N–H and O–H groups in total. The standard InChI is InChI=1S/C19H25N3O/c20-19-7-5-17(6-8-19)14-21-13-16-1-3-18(4-2-16)15-22-9-11-23-12-10-22/h1-8,21H,9-15,20H2. The number of nitrogens with zero attached hydrogens (tertiary/aromatic N) is 1. The first-order chi connectivity index (χ1) is 11.3. The van der Waals surface area contributed by atoms with Crippen molar-refractivity contribution in [2.45, 2.75) is 19.6 Å². The average molecular weight is 311 g/mol. The van der Waals surface area contributed by atoms with Crippen LogP contribution in [0.15, 0.2) is 48.5 Å². The van der Waals surface area contributed by atoms with Crippen LogP contribution in [0.1, 0.15) is 16.7 Å². The lowest BCUT2D eigenvalue weighted by Gasteiger charge is -2.26. The van der Waals surface area contributed by atoms with Crippen LogP contribution < -0.4 is 11.1 Å². The zero-order chi connectivity index (χ0) is 15.9. The van der Waals surface area contributed by atoms with Gasteiger partial charge in [-0.3, -0.25) is 4.90 Å². The average Bonchev–Trinajstić information content (AvgIpc) is 2.59. The molecule has 0 radical (unpaired) electrons. The minimum absolute atomic E-state index is 0.810. The number of benzene rings is 2. The van der Waals surface area contributed by atoms with Crippen LogP contribution in [-0.2, 0) is 24.4 Å². The van der Waals surface area contributed by atoms with E-state index >= 15 is 0 Å². The van der Waals surface area contributed by atoms with Crippen molar-refractivity contribution in [3.8, 4) is 0 Å². The van der Waals surface area contributed by atoms with Crippen molar-refractivity contribution >= 4 is 5.69 Å². The van der Waals surface area contributed by atoms with Crippen molar-refractivity contribution in [1.82, 2.24) is 10.2 Å². The topological polar surface area (TPSA) is 50.5 Å². The molecule has 1 saturated heterocycles. The Bertz CT molecular complexity index is 589. The zero-order valence-electron chi connectivity index (χ0n) is 13.5. The Morgan fingerprint density at radius 1 is 0.826 bits per heavy atom. The summed E-state index contributed by atoms with van der Waals surface area (Å²) in [6, 6.07) is 16.9. The quantitative estimate of drug-likeness (QED) is 0.804. The van der Waals surface area contributed by atoms with Crippen molar-refractivity contribution in [2.75, 3.05) is 32.0 Å². The summed E-state index contributed by atoms with van der Waals surface area (Å²) in [7, 11) is 0. The second kappa shape index (κ2) is 8.11. The lowest BCUT2D eigenvalue weighted by Crippen LogP contribution is -2.35. The van der Waals surface area contributed by atoms with Crippen LogP contribution in [0.25, 0.3) is 0 Å². The maximum absolute atomic E-state index is 5.70. The predicted octanol–water partition coefficient (Wildman–Crippen LogP) is 2.39. The third-order valence-corrected chi connectivity index (χ3v) is 4.17. The molecule has 0 saturated carbocycles. The van der Waals surface area contributed by atoms with Gasteiger partial charge in [0.25, 0.3) is 0 Å². The number of nitrogens with two attached hydrogens (primary N) is 1. The summed E-state index contributed by atoms with van der Waals surface area (Å²) in [5, 5.41) is 3.47. The molecule has 0 bridgehead atoms. The van der Waals surface area contributed by atoms with Gasteiger partial charge in [-0.05, 0) is 28.8 Å². The summed E-state index contributed by atoms with van der Waals surface area (Å²) in [6.07, 6.45) is 0. The highest BCUT2D eigenvalue weighted by atomic mass is 16.5. The fraction of sp³-hybridized carbons (Fsp3) is 0.368. The SMILES string of the molecule is Nc1ccc(CNCc2ccc(CN3CCOCC3)cc2)cc1. The Morgan fingerprint density at radius 2 is 1.35 bits per heavy atom. The number of morpholine rings is 1.